The highest BCUT2D eigenvalue weighted by molar-refractivity contribution is 5.71. The Morgan fingerprint density at radius 3 is 3.12 bits per heavy atom. The fourth-order valence-electron chi connectivity index (χ4n) is 2.89. The summed E-state index contributed by atoms with van der Waals surface area (Å²) in [5.41, 5.74) is 1.32. The van der Waals surface area contributed by atoms with Gasteiger partial charge in [-0.1, -0.05) is 0 Å². The van der Waals surface area contributed by atoms with Crippen molar-refractivity contribution in [3.8, 4) is 5.88 Å². The number of hydrogen-bond donors (Lipinski definition) is 2. The van der Waals surface area contributed by atoms with E-state index in [1.807, 2.05) is 4.68 Å². The molecule has 0 saturated carbocycles. The Balaban J connectivity index is 1.51. The van der Waals surface area contributed by atoms with Crippen molar-refractivity contribution >= 4 is 22.8 Å². The van der Waals surface area contributed by atoms with E-state index in [2.05, 4.69) is 35.3 Å². The first-order chi connectivity index (χ1) is 12.7. The summed E-state index contributed by atoms with van der Waals surface area (Å²) in [6, 6.07) is 1.31. The molecule has 1 aliphatic heterocycles. The first kappa shape index (κ1) is 16.6. The van der Waals surface area contributed by atoms with Gasteiger partial charge in [-0.3, -0.25) is 0 Å². The topological polar surface area (TPSA) is 103 Å². The van der Waals surface area contributed by atoms with Gasteiger partial charge in [0.15, 0.2) is 17.3 Å². The number of alkyl halides is 2. The molecule has 4 rings (SSSR count). The molecule has 3 aromatic heterocycles. The van der Waals surface area contributed by atoms with E-state index in [1.165, 1.54) is 12.3 Å². The number of nitrogens with one attached hydrogen (secondary N) is 2. The third-order valence-electron chi connectivity index (χ3n) is 4.06. The molecule has 1 atom stereocenters. The normalized spacial score (nSPS) is 17.7. The van der Waals surface area contributed by atoms with E-state index in [1.54, 1.807) is 6.20 Å². The summed E-state index contributed by atoms with van der Waals surface area (Å²) in [7, 11) is 0. The average Bonchev–Trinajstić information content (AvgIpc) is 3.22. The Morgan fingerprint density at radius 2 is 2.31 bits per heavy atom. The van der Waals surface area contributed by atoms with E-state index in [9.17, 15) is 8.78 Å². The molecule has 2 N–H and O–H groups in total. The lowest BCUT2D eigenvalue weighted by atomic mass is 10.0. The lowest BCUT2D eigenvalue weighted by Crippen LogP contribution is -2.22. The zero-order valence-corrected chi connectivity index (χ0v) is 13.7. The van der Waals surface area contributed by atoms with Crippen LogP contribution in [0.4, 0.5) is 20.4 Å². The third kappa shape index (κ3) is 3.72. The van der Waals surface area contributed by atoms with Gasteiger partial charge >= 0.3 is 6.61 Å². The van der Waals surface area contributed by atoms with Crippen LogP contribution in [0.15, 0.2) is 18.5 Å². The monoisotopic (exact) mass is 365 g/mol. The maximum Gasteiger partial charge on any atom is 0.388 e. The van der Waals surface area contributed by atoms with Crippen LogP contribution < -0.4 is 10.1 Å². The summed E-state index contributed by atoms with van der Waals surface area (Å²) in [4.78, 5) is 8.83. The summed E-state index contributed by atoms with van der Waals surface area (Å²) >= 11 is 0. The Kier molecular flexibility index (Phi) is 4.61. The van der Waals surface area contributed by atoms with Crippen molar-refractivity contribution in [1.82, 2.24) is 29.9 Å². The van der Waals surface area contributed by atoms with Gasteiger partial charge in [-0.25, -0.2) is 19.7 Å². The summed E-state index contributed by atoms with van der Waals surface area (Å²) in [6.45, 7) is -0.688. The van der Waals surface area contributed by atoms with E-state index in [4.69, 9.17) is 4.74 Å². The molecule has 0 amide bonds. The number of anilines is 2. The molecule has 0 unspecified atom stereocenters. The molecule has 0 radical (unpaired) electrons. The SMILES string of the molecule is FC(F)Oc1cc(Nc2cnc3cnn(C[C@@H]4CCCOC4)c3n2)n[nH]1. The fraction of sp³-hybridized carbons (Fsp3) is 0.467. The van der Waals surface area contributed by atoms with Gasteiger partial charge < -0.3 is 14.8 Å². The Bertz CT molecular complexity index is 876. The third-order valence-corrected chi connectivity index (χ3v) is 4.06. The molecule has 4 heterocycles. The number of aromatic amines is 1. The van der Waals surface area contributed by atoms with Crippen molar-refractivity contribution in [2.24, 2.45) is 5.92 Å². The molecule has 26 heavy (non-hydrogen) atoms. The van der Waals surface area contributed by atoms with Gasteiger partial charge in [-0.05, 0) is 12.8 Å². The van der Waals surface area contributed by atoms with Crippen molar-refractivity contribution in [3.63, 3.8) is 0 Å². The predicted molar refractivity (Wildman–Crippen MR) is 87.4 cm³/mol. The molecule has 9 nitrogen and oxygen atoms in total. The number of H-pyrrole nitrogens is 1. The zero-order chi connectivity index (χ0) is 17.9. The Labute approximate surface area is 146 Å². The second kappa shape index (κ2) is 7.20. The van der Waals surface area contributed by atoms with Crippen LogP contribution in [0.25, 0.3) is 11.2 Å². The molecule has 11 heteroatoms. The van der Waals surface area contributed by atoms with Crippen molar-refractivity contribution in [2.75, 3.05) is 18.5 Å². The molecular weight excluding hydrogens is 348 g/mol. The molecule has 138 valence electrons. The molecule has 1 saturated heterocycles. The zero-order valence-electron chi connectivity index (χ0n) is 13.7. The van der Waals surface area contributed by atoms with E-state index in [-0.39, 0.29) is 5.88 Å². The van der Waals surface area contributed by atoms with Crippen LogP contribution in [-0.2, 0) is 11.3 Å². The van der Waals surface area contributed by atoms with Crippen LogP contribution in [0, 0.1) is 5.92 Å². The minimum atomic E-state index is -2.92. The van der Waals surface area contributed by atoms with E-state index in [0.717, 1.165) is 19.4 Å². The number of rotatable bonds is 6. The number of hydrogen-bond acceptors (Lipinski definition) is 7. The Morgan fingerprint density at radius 1 is 1.38 bits per heavy atom. The Hall–Kier alpha value is -2.82. The minimum Gasteiger partial charge on any atom is -0.417 e. The molecule has 1 fully saturated rings. The van der Waals surface area contributed by atoms with Gasteiger partial charge in [0.25, 0.3) is 0 Å². The highest BCUT2D eigenvalue weighted by Gasteiger charge is 2.17. The number of ether oxygens (including phenoxy) is 2. The summed E-state index contributed by atoms with van der Waals surface area (Å²) in [5, 5.41) is 13.5. The quantitative estimate of drug-likeness (QED) is 0.691. The van der Waals surface area contributed by atoms with Crippen LogP contribution in [0.3, 0.4) is 0 Å². The van der Waals surface area contributed by atoms with Crippen LogP contribution in [0.5, 0.6) is 5.88 Å². The molecule has 3 aromatic rings. The van der Waals surface area contributed by atoms with Gasteiger partial charge in [0.1, 0.15) is 5.52 Å². The van der Waals surface area contributed by atoms with Gasteiger partial charge in [0, 0.05) is 25.1 Å². The van der Waals surface area contributed by atoms with Gasteiger partial charge in [0.05, 0.1) is 19.0 Å². The maximum atomic E-state index is 12.2. The van der Waals surface area contributed by atoms with Crippen molar-refractivity contribution in [1.29, 1.82) is 0 Å². The first-order valence-electron chi connectivity index (χ1n) is 8.21. The number of nitrogens with zero attached hydrogens (tertiary/aromatic N) is 5. The van der Waals surface area contributed by atoms with E-state index in [0.29, 0.717) is 41.9 Å². The van der Waals surface area contributed by atoms with Crippen molar-refractivity contribution in [3.05, 3.63) is 18.5 Å². The number of aromatic nitrogens is 6. The standard InChI is InChI=1S/C15H17F2N7O2/c16-15(17)26-13-4-11(22-23-13)20-12-6-18-10-5-19-24(14(10)21-12)7-9-2-1-3-25-8-9/h4-6,9,15H,1-3,7-8H2,(H2,20,21,22,23)/t9-/m0/s1. The van der Waals surface area contributed by atoms with Crippen LogP contribution in [0.1, 0.15) is 12.8 Å². The fourth-order valence-corrected chi connectivity index (χ4v) is 2.89. The first-order valence-corrected chi connectivity index (χ1v) is 8.21. The van der Waals surface area contributed by atoms with E-state index < -0.39 is 6.61 Å². The maximum absolute atomic E-state index is 12.2. The average molecular weight is 365 g/mol. The second-order valence-electron chi connectivity index (χ2n) is 5.99. The smallest absolute Gasteiger partial charge is 0.388 e. The summed E-state index contributed by atoms with van der Waals surface area (Å²) in [6.07, 6.45) is 5.33. The van der Waals surface area contributed by atoms with Gasteiger partial charge in [-0.2, -0.15) is 19.0 Å². The van der Waals surface area contributed by atoms with Gasteiger partial charge in [0.2, 0.25) is 5.88 Å². The molecule has 0 aliphatic carbocycles. The lowest BCUT2D eigenvalue weighted by Gasteiger charge is -2.21. The molecule has 0 bridgehead atoms. The van der Waals surface area contributed by atoms with Crippen LogP contribution >= 0.6 is 0 Å². The number of halogens is 2. The lowest BCUT2D eigenvalue weighted by molar-refractivity contribution is -0.0528. The second-order valence-corrected chi connectivity index (χ2v) is 5.99. The minimum absolute atomic E-state index is 0.140. The van der Waals surface area contributed by atoms with E-state index >= 15 is 0 Å². The van der Waals surface area contributed by atoms with Crippen LogP contribution in [-0.4, -0.2) is 49.8 Å². The highest BCUT2D eigenvalue weighted by Crippen LogP contribution is 2.21. The predicted octanol–water partition coefficient (Wildman–Crippen LogP) is 2.32. The molecule has 0 aromatic carbocycles. The largest absolute Gasteiger partial charge is 0.417 e. The molecular formula is C15H17F2N7O2. The molecule has 0 spiro atoms. The number of fused-ring (bicyclic) bond motifs is 1. The van der Waals surface area contributed by atoms with Crippen LogP contribution in [0.2, 0.25) is 0 Å². The highest BCUT2D eigenvalue weighted by atomic mass is 19.3. The summed E-state index contributed by atoms with van der Waals surface area (Å²) < 4.78 is 36.0. The molecule has 1 aliphatic rings. The summed E-state index contributed by atoms with van der Waals surface area (Å²) in [5.74, 6) is 0.972. The van der Waals surface area contributed by atoms with Gasteiger partial charge in [-0.15, -0.1) is 0 Å². The van der Waals surface area contributed by atoms with Crippen molar-refractivity contribution < 1.29 is 18.3 Å². The van der Waals surface area contributed by atoms with Crippen molar-refractivity contribution in [2.45, 2.75) is 26.0 Å².